The second kappa shape index (κ2) is 4.61. The number of nitrogens with two attached hydrogens (primary N) is 1. The minimum Gasteiger partial charge on any atom is -0.417 e. The van der Waals surface area contributed by atoms with E-state index < -0.39 is 12.4 Å². The third-order valence-corrected chi connectivity index (χ3v) is 1.40. The Morgan fingerprint density at radius 3 is 2.86 bits per heavy atom. The Morgan fingerprint density at radius 2 is 2.29 bits per heavy atom. The van der Waals surface area contributed by atoms with E-state index in [9.17, 15) is 13.6 Å². The maximum atomic E-state index is 11.8. The number of halogens is 2. The molecule has 0 amide bonds. The molecule has 6 heteroatoms. The first-order valence-electron chi connectivity index (χ1n) is 3.78. The predicted octanol–water partition coefficient (Wildman–Crippen LogP) is 0.824. The van der Waals surface area contributed by atoms with Crippen molar-refractivity contribution < 1.29 is 18.3 Å². The smallest absolute Gasteiger partial charge is 0.388 e. The number of alkyl halides is 2. The van der Waals surface area contributed by atoms with E-state index in [2.05, 4.69) is 9.72 Å². The van der Waals surface area contributed by atoms with Crippen molar-refractivity contribution in [1.29, 1.82) is 0 Å². The molecule has 1 heterocycles. The van der Waals surface area contributed by atoms with Crippen molar-refractivity contribution in [2.45, 2.75) is 6.61 Å². The molecule has 0 saturated carbocycles. The lowest BCUT2D eigenvalue weighted by Gasteiger charge is -2.03. The van der Waals surface area contributed by atoms with Crippen LogP contribution < -0.4 is 10.5 Å². The van der Waals surface area contributed by atoms with E-state index in [0.29, 0.717) is 0 Å². The fourth-order valence-corrected chi connectivity index (χ4v) is 0.832. The lowest BCUT2D eigenvalue weighted by Crippen LogP contribution is -2.15. The second-order valence-electron chi connectivity index (χ2n) is 2.37. The van der Waals surface area contributed by atoms with E-state index in [1.54, 1.807) is 0 Å². The van der Waals surface area contributed by atoms with Crippen LogP contribution in [0.2, 0.25) is 0 Å². The van der Waals surface area contributed by atoms with Crippen LogP contribution in [0.25, 0.3) is 0 Å². The summed E-state index contributed by atoms with van der Waals surface area (Å²) in [6.45, 7) is -3.17. The highest BCUT2D eigenvalue weighted by molar-refractivity contribution is 5.95. The fraction of sp³-hybridized carbons (Fsp3) is 0.250. The summed E-state index contributed by atoms with van der Waals surface area (Å²) in [7, 11) is 0. The minimum absolute atomic E-state index is 0.0191. The van der Waals surface area contributed by atoms with E-state index in [-0.39, 0.29) is 18.1 Å². The Bertz CT molecular complexity index is 331. The highest BCUT2D eigenvalue weighted by Crippen LogP contribution is 2.10. The Kier molecular flexibility index (Phi) is 3.47. The molecule has 0 aromatic carbocycles. The molecule has 0 fully saturated rings. The number of hydrogen-bond donors (Lipinski definition) is 1. The zero-order chi connectivity index (χ0) is 10.6. The van der Waals surface area contributed by atoms with Crippen LogP contribution in [0.1, 0.15) is 10.5 Å². The van der Waals surface area contributed by atoms with Gasteiger partial charge in [-0.15, -0.1) is 0 Å². The van der Waals surface area contributed by atoms with Crippen LogP contribution in [0.3, 0.4) is 0 Å². The van der Waals surface area contributed by atoms with Gasteiger partial charge in [0.25, 0.3) is 0 Å². The van der Waals surface area contributed by atoms with Gasteiger partial charge in [0.1, 0.15) is 5.69 Å². The first-order valence-corrected chi connectivity index (χ1v) is 3.78. The quantitative estimate of drug-likeness (QED) is 0.734. The molecule has 1 rings (SSSR count). The molecular weight excluding hydrogens is 194 g/mol. The molecule has 0 radical (unpaired) electrons. The van der Waals surface area contributed by atoms with Crippen LogP contribution in [0.5, 0.6) is 5.88 Å². The largest absolute Gasteiger partial charge is 0.417 e. The molecule has 0 aliphatic carbocycles. The number of pyridine rings is 1. The summed E-state index contributed by atoms with van der Waals surface area (Å²) in [6, 6.07) is 4.01. The van der Waals surface area contributed by atoms with E-state index in [1.807, 2.05) is 0 Å². The van der Waals surface area contributed by atoms with Crippen molar-refractivity contribution in [1.82, 2.24) is 4.98 Å². The molecular formula is C8H8F2N2O2. The summed E-state index contributed by atoms with van der Waals surface area (Å²) < 4.78 is 27.5. The standard InChI is InChI=1S/C8H8F2N2O2/c9-8(10)14-7-3-1-2-5(12-7)6(13)4-11/h1-3,8H,4,11H2. The average molecular weight is 202 g/mol. The van der Waals surface area contributed by atoms with Gasteiger partial charge in [-0.1, -0.05) is 6.07 Å². The predicted molar refractivity (Wildman–Crippen MR) is 44.3 cm³/mol. The number of hydrogen-bond acceptors (Lipinski definition) is 4. The molecule has 76 valence electrons. The van der Waals surface area contributed by atoms with Crippen molar-refractivity contribution in [2.24, 2.45) is 5.73 Å². The second-order valence-corrected chi connectivity index (χ2v) is 2.37. The van der Waals surface area contributed by atoms with Gasteiger partial charge in [-0.25, -0.2) is 4.98 Å². The number of Topliss-reactive ketones (excluding diaryl/α,β-unsaturated/α-hetero) is 1. The molecule has 0 spiro atoms. The van der Waals surface area contributed by atoms with Crippen molar-refractivity contribution >= 4 is 5.78 Å². The number of ether oxygens (including phenoxy) is 1. The number of nitrogens with zero attached hydrogens (tertiary/aromatic N) is 1. The summed E-state index contributed by atoms with van der Waals surface area (Å²) in [5.41, 5.74) is 5.10. The van der Waals surface area contributed by atoms with Crippen LogP contribution in [-0.2, 0) is 0 Å². The molecule has 1 aromatic heterocycles. The van der Waals surface area contributed by atoms with Crippen molar-refractivity contribution in [3.05, 3.63) is 23.9 Å². The monoisotopic (exact) mass is 202 g/mol. The Morgan fingerprint density at radius 1 is 1.57 bits per heavy atom. The summed E-state index contributed by atoms with van der Waals surface area (Å²) in [5.74, 6) is -0.719. The van der Waals surface area contributed by atoms with E-state index in [4.69, 9.17) is 5.73 Å². The number of rotatable bonds is 4. The van der Waals surface area contributed by atoms with Gasteiger partial charge in [0.15, 0.2) is 5.78 Å². The summed E-state index contributed by atoms with van der Waals surface area (Å²) in [5, 5.41) is 0. The maximum absolute atomic E-state index is 11.8. The van der Waals surface area contributed by atoms with Crippen molar-refractivity contribution in [3.63, 3.8) is 0 Å². The summed E-state index contributed by atoms with van der Waals surface area (Å²) >= 11 is 0. The van der Waals surface area contributed by atoms with Gasteiger partial charge in [0.05, 0.1) is 6.54 Å². The number of ketones is 1. The molecule has 4 nitrogen and oxygen atoms in total. The normalized spacial score (nSPS) is 10.3. The highest BCUT2D eigenvalue weighted by Gasteiger charge is 2.09. The number of carbonyl (C=O) groups excluding carboxylic acids is 1. The van der Waals surface area contributed by atoms with Gasteiger partial charge in [-0.05, 0) is 6.07 Å². The number of aromatic nitrogens is 1. The van der Waals surface area contributed by atoms with Gasteiger partial charge in [-0.3, -0.25) is 4.79 Å². The average Bonchev–Trinajstić information content (AvgIpc) is 2.16. The van der Waals surface area contributed by atoms with Crippen LogP contribution >= 0.6 is 0 Å². The lowest BCUT2D eigenvalue weighted by atomic mass is 10.2. The Balaban J connectivity index is 2.84. The number of carbonyl (C=O) groups is 1. The third-order valence-electron chi connectivity index (χ3n) is 1.40. The van der Waals surface area contributed by atoms with Gasteiger partial charge < -0.3 is 10.5 Å². The van der Waals surface area contributed by atoms with Crippen LogP contribution in [0, 0.1) is 0 Å². The van der Waals surface area contributed by atoms with E-state index in [0.717, 1.165) is 0 Å². The van der Waals surface area contributed by atoms with Gasteiger partial charge in [0.2, 0.25) is 5.88 Å². The van der Waals surface area contributed by atoms with Gasteiger partial charge in [-0.2, -0.15) is 8.78 Å². The summed E-state index contributed by atoms with van der Waals surface area (Å²) in [6.07, 6.45) is 0. The Labute approximate surface area is 78.7 Å². The van der Waals surface area contributed by atoms with Crippen LogP contribution in [0.4, 0.5) is 8.78 Å². The Hall–Kier alpha value is -1.56. The van der Waals surface area contributed by atoms with Crippen LogP contribution in [-0.4, -0.2) is 23.9 Å². The first-order chi connectivity index (χ1) is 6.63. The molecule has 0 unspecified atom stereocenters. The van der Waals surface area contributed by atoms with Crippen LogP contribution in [0.15, 0.2) is 18.2 Å². The molecule has 0 aliphatic rings. The molecule has 14 heavy (non-hydrogen) atoms. The molecule has 0 bridgehead atoms. The fourth-order valence-electron chi connectivity index (χ4n) is 0.832. The molecule has 0 atom stereocenters. The first kappa shape index (κ1) is 10.5. The maximum Gasteiger partial charge on any atom is 0.388 e. The molecule has 0 aliphatic heterocycles. The van der Waals surface area contributed by atoms with Gasteiger partial charge >= 0.3 is 6.61 Å². The molecule has 2 N–H and O–H groups in total. The van der Waals surface area contributed by atoms with Crippen molar-refractivity contribution in [3.8, 4) is 5.88 Å². The molecule has 1 aromatic rings. The third kappa shape index (κ3) is 2.74. The van der Waals surface area contributed by atoms with Gasteiger partial charge in [0, 0.05) is 6.07 Å². The van der Waals surface area contributed by atoms with Crippen molar-refractivity contribution in [2.75, 3.05) is 6.54 Å². The molecule has 0 saturated heterocycles. The zero-order valence-electron chi connectivity index (χ0n) is 7.11. The summed E-state index contributed by atoms with van der Waals surface area (Å²) in [4.78, 5) is 14.6. The SMILES string of the molecule is NCC(=O)c1cccc(OC(F)F)n1. The lowest BCUT2D eigenvalue weighted by molar-refractivity contribution is -0.0529. The van der Waals surface area contributed by atoms with E-state index >= 15 is 0 Å². The zero-order valence-corrected chi connectivity index (χ0v) is 7.11. The van der Waals surface area contributed by atoms with E-state index in [1.165, 1.54) is 18.2 Å². The highest BCUT2D eigenvalue weighted by atomic mass is 19.3. The minimum atomic E-state index is -2.95. The topological polar surface area (TPSA) is 65.2 Å².